The smallest absolute Gasteiger partial charge is 0.335 e. The number of carbonyl (C=O) groups is 1. The van der Waals surface area contributed by atoms with Gasteiger partial charge < -0.3 is 9.30 Å². The van der Waals surface area contributed by atoms with Gasteiger partial charge in [-0.25, -0.2) is 4.79 Å². The molecule has 0 spiro atoms. The summed E-state index contributed by atoms with van der Waals surface area (Å²) in [5.41, 5.74) is 4.99. The fourth-order valence-corrected chi connectivity index (χ4v) is 5.29. The highest BCUT2D eigenvalue weighted by molar-refractivity contribution is 7.99. The number of fused-ring (bicyclic) bond motifs is 3. The van der Waals surface area contributed by atoms with E-state index in [9.17, 15) is 4.79 Å². The zero-order valence-corrected chi connectivity index (χ0v) is 16.3. The molecular weight excluding hydrogens is 366 g/mol. The fourth-order valence-electron chi connectivity index (χ4n) is 3.61. The molecule has 4 rings (SSSR count). The Bertz CT molecular complexity index is 1050. The fraction of sp³-hybridized carbons (Fsp3) is 0.190. The molecule has 0 bridgehead atoms. The first-order chi connectivity index (χ1) is 12.5. The van der Waals surface area contributed by atoms with Crippen molar-refractivity contribution in [2.75, 3.05) is 7.11 Å². The van der Waals surface area contributed by atoms with Gasteiger partial charge in [-0.3, -0.25) is 0 Å². The molecule has 1 atom stereocenters. The van der Waals surface area contributed by atoms with Gasteiger partial charge in [0.1, 0.15) is 0 Å². The summed E-state index contributed by atoms with van der Waals surface area (Å²) in [6.07, 6.45) is 0. The summed E-state index contributed by atoms with van der Waals surface area (Å²) in [6, 6.07) is 16.0. The molecule has 0 fully saturated rings. The van der Waals surface area contributed by atoms with Gasteiger partial charge in [0.05, 0.1) is 23.0 Å². The van der Waals surface area contributed by atoms with E-state index < -0.39 is 0 Å². The Hall–Kier alpha value is -2.17. The Morgan fingerprint density at radius 3 is 2.54 bits per heavy atom. The zero-order valence-electron chi connectivity index (χ0n) is 14.7. The maximum absolute atomic E-state index is 12.7. The third-order valence-electron chi connectivity index (χ3n) is 4.90. The van der Waals surface area contributed by atoms with Crippen LogP contribution in [-0.4, -0.2) is 17.6 Å². The summed E-state index contributed by atoms with van der Waals surface area (Å²) in [4.78, 5) is 12.7. The molecular formula is C21H18ClNO2S. The lowest BCUT2D eigenvalue weighted by Crippen LogP contribution is -2.16. The molecule has 0 aliphatic carbocycles. The van der Waals surface area contributed by atoms with Crippen molar-refractivity contribution in [3.05, 3.63) is 70.3 Å². The van der Waals surface area contributed by atoms with Crippen LogP contribution in [0.5, 0.6) is 0 Å². The van der Waals surface area contributed by atoms with Crippen molar-refractivity contribution >= 4 is 45.8 Å². The van der Waals surface area contributed by atoms with E-state index in [1.807, 2.05) is 43.3 Å². The number of hydrogen-bond donors (Lipinski definition) is 0. The molecule has 1 aliphatic heterocycles. The predicted molar refractivity (Wildman–Crippen MR) is 108 cm³/mol. The van der Waals surface area contributed by atoms with Crippen LogP contribution in [0.15, 0.2) is 59.1 Å². The molecule has 0 saturated heterocycles. The van der Waals surface area contributed by atoms with E-state index in [0.29, 0.717) is 10.6 Å². The number of ether oxygens (including phenoxy) is 1. The molecule has 2 heterocycles. The van der Waals surface area contributed by atoms with E-state index in [-0.39, 0.29) is 11.2 Å². The van der Waals surface area contributed by atoms with Crippen LogP contribution in [0.2, 0.25) is 5.02 Å². The van der Waals surface area contributed by atoms with Gasteiger partial charge >= 0.3 is 5.97 Å². The van der Waals surface area contributed by atoms with Crippen molar-refractivity contribution in [2.45, 2.75) is 17.2 Å². The van der Waals surface area contributed by atoms with Crippen molar-refractivity contribution in [1.29, 1.82) is 0 Å². The number of para-hydroxylation sites is 1. The number of rotatable bonds is 2. The zero-order chi connectivity index (χ0) is 18.4. The highest BCUT2D eigenvalue weighted by Gasteiger charge is 2.35. The molecule has 0 saturated carbocycles. The largest absolute Gasteiger partial charge is 0.466 e. The number of aromatic nitrogens is 1. The van der Waals surface area contributed by atoms with Crippen molar-refractivity contribution in [3.8, 4) is 0 Å². The van der Waals surface area contributed by atoms with E-state index in [0.717, 1.165) is 32.6 Å². The van der Waals surface area contributed by atoms with Gasteiger partial charge in [0.25, 0.3) is 0 Å². The van der Waals surface area contributed by atoms with Gasteiger partial charge in [-0.15, -0.1) is 0 Å². The lowest BCUT2D eigenvalue weighted by atomic mass is 9.94. The second-order valence-corrected chi connectivity index (χ2v) is 7.87. The first-order valence-corrected chi connectivity index (χ1v) is 9.57. The molecule has 2 aromatic carbocycles. The number of esters is 1. The molecule has 3 nitrogen and oxygen atoms in total. The molecule has 0 amide bonds. The average Bonchev–Trinajstić information content (AvgIpc) is 2.95. The molecule has 26 heavy (non-hydrogen) atoms. The Morgan fingerprint density at radius 1 is 1.15 bits per heavy atom. The van der Waals surface area contributed by atoms with Crippen molar-refractivity contribution in [3.63, 3.8) is 0 Å². The van der Waals surface area contributed by atoms with Crippen LogP contribution in [0.1, 0.15) is 23.3 Å². The van der Waals surface area contributed by atoms with E-state index >= 15 is 0 Å². The molecule has 3 aromatic rings. The third kappa shape index (κ3) is 2.56. The minimum atomic E-state index is -0.284. The number of methoxy groups -OCH3 is 1. The Balaban J connectivity index is 1.99. The molecule has 1 aromatic heterocycles. The van der Waals surface area contributed by atoms with E-state index in [1.165, 1.54) is 7.11 Å². The van der Waals surface area contributed by atoms with Gasteiger partial charge in [0.15, 0.2) is 0 Å². The second kappa shape index (κ2) is 6.53. The highest BCUT2D eigenvalue weighted by Crippen LogP contribution is 2.52. The molecule has 1 unspecified atom stereocenters. The first kappa shape index (κ1) is 17.3. The number of aryl methyl sites for hydroxylation is 1. The monoisotopic (exact) mass is 383 g/mol. The van der Waals surface area contributed by atoms with Crippen molar-refractivity contribution in [1.82, 2.24) is 4.57 Å². The van der Waals surface area contributed by atoms with Gasteiger partial charge in [0.2, 0.25) is 0 Å². The second-order valence-electron chi connectivity index (χ2n) is 6.34. The van der Waals surface area contributed by atoms with Crippen molar-refractivity contribution < 1.29 is 9.53 Å². The van der Waals surface area contributed by atoms with E-state index in [4.69, 9.17) is 16.3 Å². The third-order valence-corrected chi connectivity index (χ3v) is 6.60. The number of thioether (sulfide) groups is 1. The summed E-state index contributed by atoms with van der Waals surface area (Å²) in [6.45, 7) is 2.01. The summed E-state index contributed by atoms with van der Waals surface area (Å²) < 4.78 is 7.33. The average molecular weight is 384 g/mol. The summed E-state index contributed by atoms with van der Waals surface area (Å²) in [7, 11) is 3.51. The van der Waals surface area contributed by atoms with Crippen LogP contribution in [-0.2, 0) is 16.6 Å². The van der Waals surface area contributed by atoms with Gasteiger partial charge in [0, 0.05) is 28.5 Å². The number of carbonyl (C=O) groups excluding carboxylic acids is 1. The molecule has 1 aliphatic rings. The number of allylic oxidation sites excluding steroid dienone is 1. The molecule has 132 valence electrons. The lowest BCUT2D eigenvalue weighted by molar-refractivity contribution is -0.136. The van der Waals surface area contributed by atoms with Gasteiger partial charge in [-0.1, -0.05) is 53.7 Å². The highest BCUT2D eigenvalue weighted by atomic mass is 35.5. The Morgan fingerprint density at radius 2 is 1.85 bits per heavy atom. The summed E-state index contributed by atoms with van der Waals surface area (Å²) in [5, 5.41) is 2.87. The number of nitrogens with zero attached hydrogens (tertiary/aromatic N) is 1. The van der Waals surface area contributed by atoms with Crippen LogP contribution in [0.4, 0.5) is 0 Å². The van der Waals surface area contributed by atoms with E-state index in [2.05, 4.69) is 23.7 Å². The predicted octanol–water partition coefficient (Wildman–Crippen LogP) is 5.63. The summed E-state index contributed by atoms with van der Waals surface area (Å²) >= 11 is 7.74. The molecule has 5 heteroatoms. The van der Waals surface area contributed by atoms with Gasteiger partial charge in [-0.05, 0) is 36.3 Å². The molecule has 0 N–H and O–H groups in total. The number of halogens is 1. The lowest BCUT2D eigenvalue weighted by Gasteiger charge is -2.27. The van der Waals surface area contributed by atoms with Crippen LogP contribution < -0.4 is 0 Å². The standard InChI is InChI=1S/C21H18ClNO2S/c1-12-17-15-6-4-5-7-16(15)23(2)20(17)26-19(18(12)21(24)25-3)13-8-10-14(22)11-9-13/h4-11,19H,1-3H3. The Labute approximate surface area is 161 Å². The number of hydrogen-bond acceptors (Lipinski definition) is 3. The minimum Gasteiger partial charge on any atom is -0.466 e. The van der Waals surface area contributed by atoms with Gasteiger partial charge in [-0.2, -0.15) is 0 Å². The van der Waals surface area contributed by atoms with Crippen molar-refractivity contribution in [2.24, 2.45) is 7.05 Å². The van der Waals surface area contributed by atoms with Crippen LogP contribution in [0.25, 0.3) is 16.5 Å². The maximum Gasteiger partial charge on any atom is 0.335 e. The minimum absolute atomic E-state index is 0.129. The summed E-state index contributed by atoms with van der Waals surface area (Å²) in [5.74, 6) is -0.284. The molecule has 0 radical (unpaired) electrons. The normalized spacial score (nSPS) is 16.7. The first-order valence-electron chi connectivity index (χ1n) is 8.32. The van der Waals surface area contributed by atoms with Crippen LogP contribution in [0, 0.1) is 0 Å². The maximum atomic E-state index is 12.7. The Kier molecular flexibility index (Phi) is 4.33. The SMILES string of the molecule is COC(=O)C1=C(C)c2c(n(C)c3ccccc23)SC1c1ccc(Cl)cc1. The van der Waals surface area contributed by atoms with Crippen LogP contribution in [0.3, 0.4) is 0 Å². The van der Waals surface area contributed by atoms with E-state index in [1.54, 1.807) is 11.8 Å². The topological polar surface area (TPSA) is 31.2 Å². The van der Waals surface area contributed by atoms with Crippen LogP contribution >= 0.6 is 23.4 Å². The number of benzene rings is 2. The quantitative estimate of drug-likeness (QED) is 0.538.